The largest absolute Gasteiger partial charge is 0.459 e. The standard InChI is InChI=1S/C17H7ClF8N4O2/c18-9-4-3-7(6-8(9)16(21,22)23)32-11-12(15(19,20)17(24,25)26)28-13(29-14(11)31)10-2-1-5-27-30-10/h1-6H,(H,28,29,31). The van der Waals surface area contributed by atoms with Gasteiger partial charge in [0.1, 0.15) is 11.4 Å². The second-order valence-corrected chi connectivity index (χ2v) is 6.42. The van der Waals surface area contributed by atoms with Gasteiger partial charge in [-0.2, -0.15) is 40.2 Å². The molecule has 32 heavy (non-hydrogen) atoms. The lowest BCUT2D eigenvalue weighted by atomic mass is 10.2. The molecule has 6 nitrogen and oxygen atoms in total. The van der Waals surface area contributed by atoms with Crippen molar-refractivity contribution >= 4 is 11.6 Å². The van der Waals surface area contributed by atoms with E-state index in [-0.39, 0.29) is 11.8 Å². The van der Waals surface area contributed by atoms with Gasteiger partial charge in [0, 0.05) is 6.20 Å². The van der Waals surface area contributed by atoms with Gasteiger partial charge in [-0.05, 0) is 30.3 Å². The van der Waals surface area contributed by atoms with Crippen LogP contribution in [0.2, 0.25) is 5.02 Å². The summed E-state index contributed by atoms with van der Waals surface area (Å²) in [6, 6.07) is 3.98. The molecule has 0 spiro atoms. The van der Waals surface area contributed by atoms with Crippen LogP contribution in [0.25, 0.3) is 11.5 Å². The summed E-state index contributed by atoms with van der Waals surface area (Å²) in [5.41, 5.74) is -5.65. The smallest absolute Gasteiger partial charge is 0.449 e. The average molecular weight is 487 g/mol. The maximum absolute atomic E-state index is 14.2. The third-order valence-corrected chi connectivity index (χ3v) is 4.14. The molecule has 0 saturated heterocycles. The van der Waals surface area contributed by atoms with Crippen molar-refractivity contribution in [2.45, 2.75) is 18.3 Å². The third-order valence-electron chi connectivity index (χ3n) is 3.81. The first-order valence-corrected chi connectivity index (χ1v) is 8.51. The van der Waals surface area contributed by atoms with Gasteiger partial charge in [-0.1, -0.05) is 11.6 Å². The van der Waals surface area contributed by atoms with Gasteiger partial charge in [-0.15, -0.1) is 5.10 Å². The van der Waals surface area contributed by atoms with Crippen LogP contribution in [0.15, 0.2) is 41.3 Å². The number of alkyl halides is 8. The Bertz CT molecular complexity index is 1200. The number of nitrogens with zero attached hydrogens (tertiary/aromatic N) is 3. The molecule has 0 atom stereocenters. The predicted octanol–water partition coefficient (Wildman–Crippen LogP) is 5.35. The fraction of sp³-hybridized carbons (Fsp3) is 0.176. The minimum Gasteiger partial charge on any atom is -0.449 e. The maximum Gasteiger partial charge on any atom is 0.459 e. The molecule has 0 aliphatic heterocycles. The van der Waals surface area contributed by atoms with Gasteiger partial charge in [0.15, 0.2) is 11.5 Å². The van der Waals surface area contributed by atoms with Gasteiger partial charge in [-0.3, -0.25) is 4.79 Å². The Hall–Kier alpha value is -3.29. The van der Waals surface area contributed by atoms with Gasteiger partial charge in [0.05, 0.1) is 10.6 Å². The zero-order valence-electron chi connectivity index (χ0n) is 15.0. The van der Waals surface area contributed by atoms with E-state index in [1.54, 1.807) is 0 Å². The van der Waals surface area contributed by atoms with E-state index in [1.807, 2.05) is 4.98 Å². The summed E-state index contributed by atoms with van der Waals surface area (Å²) in [6.45, 7) is 0. The van der Waals surface area contributed by atoms with E-state index in [2.05, 4.69) is 15.2 Å². The Labute approximate surface area is 176 Å². The second kappa shape index (κ2) is 8.00. The van der Waals surface area contributed by atoms with Crippen molar-refractivity contribution in [2.24, 2.45) is 0 Å². The van der Waals surface area contributed by atoms with Gasteiger partial charge in [0.2, 0.25) is 5.75 Å². The number of hydrogen-bond acceptors (Lipinski definition) is 5. The molecule has 2 heterocycles. The summed E-state index contributed by atoms with van der Waals surface area (Å²) >= 11 is 5.43. The highest BCUT2D eigenvalue weighted by Gasteiger charge is 2.62. The molecule has 1 aromatic carbocycles. The van der Waals surface area contributed by atoms with Crippen LogP contribution >= 0.6 is 11.6 Å². The molecule has 170 valence electrons. The number of ether oxygens (including phenoxy) is 1. The van der Waals surface area contributed by atoms with E-state index in [0.29, 0.717) is 6.07 Å². The van der Waals surface area contributed by atoms with Crippen molar-refractivity contribution in [1.29, 1.82) is 0 Å². The molecule has 0 aliphatic carbocycles. The Morgan fingerprint density at radius 1 is 1.00 bits per heavy atom. The molecule has 3 aromatic rings. The molecule has 0 radical (unpaired) electrons. The van der Waals surface area contributed by atoms with Crippen molar-refractivity contribution in [3.05, 3.63) is 63.2 Å². The monoisotopic (exact) mass is 486 g/mol. The molecule has 0 amide bonds. The number of benzene rings is 1. The van der Waals surface area contributed by atoms with Crippen LogP contribution in [0.5, 0.6) is 11.5 Å². The summed E-state index contributed by atoms with van der Waals surface area (Å²) in [5.74, 6) is -9.08. The number of halogens is 9. The van der Waals surface area contributed by atoms with Crippen molar-refractivity contribution in [1.82, 2.24) is 20.2 Å². The van der Waals surface area contributed by atoms with E-state index in [4.69, 9.17) is 16.3 Å². The van der Waals surface area contributed by atoms with E-state index in [9.17, 15) is 39.9 Å². The minimum absolute atomic E-state index is 0.230. The van der Waals surface area contributed by atoms with E-state index in [0.717, 1.165) is 18.3 Å². The topological polar surface area (TPSA) is 80.8 Å². The Morgan fingerprint density at radius 3 is 2.25 bits per heavy atom. The van der Waals surface area contributed by atoms with Crippen molar-refractivity contribution < 1.29 is 39.9 Å². The van der Waals surface area contributed by atoms with Crippen LogP contribution in [-0.2, 0) is 12.1 Å². The molecule has 0 saturated carbocycles. The molecule has 0 aliphatic rings. The van der Waals surface area contributed by atoms with Gasteiger partial charge in [0.25, 0.3) is 5.56 Å². The maximum atomic E-state index is 14.2. The summed E-state index contributed by atoms with van der Waals surface area (Å²) < 4.78 is 111. The summed E-state index contributed by atoms with van der Waals surface area (Å²) in [6.07, 6.45) is -10.1. The molecular weight excluding hydrogens is 480 g/mol. The summed E-state index contributed by atoms with van der Waals surface area (Å²) in [7, 11) is 0. The molecule has 15 heteroatoms. The fourth-order valence-electron chi connectivity index (χ4n) is 2.36. The third kappa shape index (κ3) is 4.49. The van der Waals surface area contributed by atoms with Crippen LogP contribution in [0.3, 0.4) is 0 Å². The van der Waals surface area contributed by atoms with Gasteiger partial charge < -0.3 is 9.72 Å². The molecule has 1 N–H and O–H groups in total. The first-order valence-electron chi connectivity index (χ1n) is 8.14. The number of hydrogen-bond donors (Lipinski definition) is 1. The van der Waals surface area contributed by atoms with Crippen LogP contribution in [-0.4, -0.2) is 26.3 Å². The lowest BCUT2D eigenvalue weighted by Crippen LogP contribution is -2.36. The summed E-state index contributed by atoms with van der Waals surface area (Å²) in [4.78, 5) is 17.4. The highest BCUT2D eigenvalue weighted by molar-refractivity contribution is 6.31. The number of aromatic amines is 1. The lowest BCUT2D eigenvalue weighted by Gasteiger charge is -2.21. The molecular formula is C17H7ClF8N4O2. The number of H-pyrrole nitrogens is 1. The first kappa shape index (κ1) is 23.4. The normalized spacial score (nSPS) is 12.7. The Morgan fingerprint density at radius 2 is 1.69 bits per heavy atom. The number of rotatable bonds is 4. The Balaban J connectivity index is 2.21. The van der Waals surface area contributed by atoms with Crippen molar-refractivity contribution in [3.63, 3.8) is 0 Å². The fourth-order valence-corrected chi connectivity index (χ4v) is 2.58. The zero-order valence-corrected chi connectivity index (χ0v) is 15.8. The van der Waals surface area contributed by atoms with Crippen LogP contribution < -0.4 is 10.3 Å². The van der Waals surface area contributed by atoms with Crippen molar-refractivity contribution in [3.8, 4) is 23.0 Å². The van der Waals surface area contributed by atoms with Crippen LogP contribution in [0.4, 0.5) is 35.1 Å². The highest BCUT2D eigenvalue weighted by Crippen LogP contribution is 2.46. The van der Waals surface area contributed by atoms with Crippen LogP contribution in [0, 0.1) is 0 Å². The van der Waals surface area contributed by atoms with Crippen molar-refractivity contribution in [2.75, 3.05) is 0 Å². The van der Waals surface area contributed by atoms with E-state index in [1.165, 1.54) is 6.07 Å². The SMILES string of the molecule is O=c1[nH]c(-c2cccnn2)nc(C(F)(F)C(F)(F)F)c1Oc1ccc(Cl)c(C(F)(F)F)c1. The molecule has 2 aromatic heterocycles. The van der Waals surface area contributed by atoms with Crippen LogP contribution in [0.1, 0.15) is 11.3 Å². The lowest BCUT2D eigenvalue weighted by molar-refractivity contribution is -0.291. The van der Waals surface area contributed by atoms with E-state index < -0.39 is 57.4 Å². The average Bonchev–Trinajstić information content (AvgIpc) is 2.69. The number of nitrogens with one attached hydrogen (secondary N) is 1. The van der Waals surface area contributed by atoms with Gasteiger partial charge in [-0.25, -0.2) is 4.98 Å². The highest BCUT2D eigenvalue weighted by atomic mass is 35.5. The zero-order chi connectivity index (χ0) is 23.9. The quantitative estimate of drug-likeness (QED) is 0.503. The summed E-state index contributed by atoms with van der Waals surface area (Å²) in [5, 5.41) is 6.04. The minimum atomic E-state index is -6.22. The number of aromatic nitrogens is 4. The van der Waals surface area contributed by atoms with Gasteiger partial charge >= 0.3 is 18.3 Å². The second-order valence-electron chi connectivity index (χ2n) is 6.01. The van der Waals surface area contributed by atoms with E-state index >= 15 is 0 Å². The predicted molar refractivity (Wildman–Crippen MR) is 92.4 cm³/mol. The Kier molecular flexibility index (Phi) is 5.84. The molecule has 0 unspecified atom stereocenters. The molecule has 0 fully saturated rings. The molecule has 0 bridgehead atoms. The first-order chi connectivity index (χ1) is 14.7. The molecule has 3 rings (SSSR count).